The molecule has 0 atom stereocenters. The van der Waals surface area contributed by atoms with Crippen molar-refractivity contribution in [1.82, 2.24) is 0 Å². The normalized spacial score (nSPS) is 9.89. The van der Waals surface area contributed by atoms with Crippen LogP contribution in [0.2, 0.25) is 0 Å². The average Bonchev–Trinajstić information content (AvgIpc) is 2.30. The summed E-state index contributed by atoms with van der Waals surface area (Å²) in [6.07, 6.45) is 0.178. The van der Waals surface area contributed by atoms with Crippen molar-refractivity contribution in [3.63, 3.8) is 0 Å². The van der Waals surface area contributed by atoms with Crippen molar-refractivity contribution in [2.24, 2.45) is 0 Å². The second kappa shape index (κ2) is 5.26. The molecule has 0 heterocycles. The van der Waals surface area contributed by atoms with E-state index in [-0.39, 0.29) is 23.6 Å². The van der Waals surface area contributed by atoms with Gasteiger partial charge in [0, 0.05) is 12.5 Å². The van der Waals surface area contributed by atoms with Crippen molar-refractivity contribution in [3.05, 3.63) is 33.4 Å². The molecule has 0 saturated heterocycles. The maximum absolute atomic E-state index is 11.3. The number of carbonyl (C=O) groups excluding carboxylic acids is 1. The lowest BCUT2D eigenvalue weighted by Crippen LogP contribution is -2.13. The zero-order valence-corrected chi connectivity index (χ0v) is 9.89. The van der Waals surface area contributed by atoms with E-state index in [0.717, 1.165) is 6.07 Å². The van der Waals surface area contributed by atoms with E-state index in [2.05, 4.69) is 5.32 Å². The minimum Gasteiger partial charge on any atom is -0.478 e. The number of rotatable bonds is 4. The molecule has 0 bridgehead atoms. The summed E-state index contributed by atoms with van der Waals surface area (Å²) in [5, 5.41) is 22.1. The molecule has 18 heavy (non-hydrogen) atoms. The van der Waals surface area contributed by atoms with Gasteiger partial charge in [0.1, 0.15) is 5.69 Å². The number of amides is 1. The van der Waals surface area contributed by atoms with Crippen molar-refractivity contribution in [3.8, 4) is 0 Å². The standard InChI is InChI=1S/C11H12N2O5/c1-3-9(14)12-10-6(2)4-7(11(15)16)5-8(10)13(17)18/h4-5H,3H2,1-2H3,(H,12,14)(H,15,16). The number of nitro benzene ring substituents is 1. The minimum atomic E-state index is -1.26. The SMILES string of the molecule is CCC(=O)Nc1c(C)cc(C(=O)O)cc1[N+](=O)[O-]. The molecule has 0 aliphatic heterocycles. The highest BCUT2D eigenvalue weighted by molar-refractivity contribution is 5.96. The zero-order chi connectivity index (χ0) is 13.9. The van der Waals surface area contributed by atoms with Crippen LogP contribution in [0.1, 0.15) is 29.3 Å². The third kappa shape index (κ3) is 2.82. The molecule has 96 valence electrons. The molecular weight excluding hydrogens is 240 g/mol. The van der Waals surface area contributed by atoms with Gasteiger partial charge in [0.2, 0.25) is 5.91 Å². The number of benzene rings is 1. The Morgan fingerprint density at radius 1 is 1.44 bits per heavy atom. The van der Waals surface area contributed by atoms with Crippen molar-refractivity contribution in [2.75, 3.05) is 5.32 Å². The number of carbonyl (C=O) groups is 2. The van der Waals surface area contributed by atoms with Gasteiger partial charge in [-0.3, -0.25) is 14.9 Å². The molecule has 1 aromatic rings. The maximum Gasteiger partial charge on any atom is 0.335 e. The molecule has 0 spiro atoms. The number of nitrogens with zero attached hydrogens (tertiary/aromatic N) is 1. The summed E-state index contributed by atoms with van der Waals surface area (Å²) >= 11 is 0. The number of anilines is 1. The van der Waals surface area contributed by atoms with Gasteiger partial charge in [-0.25, -0.2) is 4.79 Å². The Bertz CT molecular complexity index is 524. The Morgan fingerprint density at radius 2 is 2.06 bits per heavy atom. The molecule has 0 aliphatic rings. The highest BCUT2D eigenvalue weighted by Crippen LogP contribution is 2.29. The first kappa shape index (κ1) is 13.6. The minimum absolute atomic E-state index is 0.0388. The molecule has 7 nitrogen and oxygen atoms in total. The monoisotopic (exact) mass is 252 g/mol. The predicted octanol–water partition coefficient (Wildman–Crippen LogP) is 1.95. The van der Waals surface area contributed by atoms with Crippen molar-refractivity contribution in [2.45, 2.75) is 20.3 Å². The lowest BCUT2D eigenvalue weighted by molar-refractivity contribution is -0.384. The third-order valence-corrected chi connectivity index (χ3v) is 2.34. The Balaban J connectivity index is 3.36. The fourth-order valence-corrected chi connectivity index (χ4v) is 1.43. The van der Waals surface area contributed by atoms with Gasteiger partial charge in [0.05, 0.1) is 10.5 Å². The van der Waals surface area contributed by atoms with Crippen LogP contribution in [0.3, 0.4) is 0 Å². The van der Waals surface area contributed by atoms with Crippen LogP contribution >= 0.6 is 0 Å². The number of hydrogen-bond donors (Lipinski definition) is 2. The summed E-state index contributed by atoms with van der Waals surface area (Å²) in [7, 11) is 0. The third-order valence-electron chi connectivity index (χ3n) is 2.34. The fraction of sp³-hybridized carbons (Fsp3) is 0.273. The summed E-state index contributed by atoms with van der Waals surface area (Å²) < 4.78 is 0. The first-order valence-electron chi connectivity index (χ1n) is 5.19. The second-order valence-electron chi connectivity index (χ2n) is 3.65. The Kier molecular flexibility index (Phi) is 3.98. The first-order chi connectivity index (χ1) is 8.36. The molecule has 2 N–H and O–H groups in total. The largest absolute Gasteiger partial charge is 0.478 e. The van der Waals surface area contributed by atoms with Gasteiger partial charge in [-0.15, -0.1) is 0 Å². The Labute approximate surface area is 103 Å². The zero-order valence-electron chi connectivity index (χ0n) is 9.89. The van der Waals surface area contributed by atoms with Crippen LogP contribution in [0.4, 0.5) is 11.4 Å². The number of carboxylic acids is 1. The summed E-state index contributed by atoms with van der Waals surface area (Å²) in [6, 6.07) is 2.21. The van der Waals surface area contributed by atoms with Crippen LogP contribution in [0.25, 0.3) is 0 Å². The van der Waals surface area contributed by atoms with Gasteiger partial charge < -0.3 is 10.4 Å². The van der Waals surface area contributed by atoms with Gasteiger partial charge in [-0.05, 0) is 18.6 Å². The van der Waals surface area contributed by atoms with E-state index in [1.165, 1.54) is 13.0 Å². The number of carboxylic acid groups (broad SMARTS) is 1. The number of nitrogens with one attached hydrogen (secondary N) is 1. The Morgan fingerprint density at radius 3 is 2.50 bits per heavy atom. The van der Waals surface area contributed by atoms with E-state index in [0.29, 0.717) is 5.56 Å². The topological polar surface area (TPSA) is 110 Å². The van der Waals surface area contributed by atoms with E-state index in [9.17, 15) is 19.7 Å². The molecule has 0 unspecified atom stereocenters. The van der Waals surface area contributed by atoms with Crippen LogP contribution in [0.5, 0.6) is 0 Å². The average molecular weight is 252 g/mol. The molecule has 1 aromatic carbocycles. The van der Waals surface area contributed by atoms with Crippen LogP contribution in [-0.4, -0.2) is 21.9 Å². The lowest BCUT2D eigenvalue weighted by atomic mass is 10.1. The van der Waals surface area contributed by atoms with E-state index in [1.807, 2.05) is 0 Å². The van der Waals surface area contributed by atoms with Crippen molar-refractivity contribution in [1.29, 1.82) is 0 Å². The number of nitro groups is 1. The van der Waals surface area contributed by atoms with Gasteiger partial charge in [-0.1, -0.05) is 6.92 Å². The smallest absolute Gasteiger partial charge is 0.335 e. The van der Waals surface area contributed by atoms with Gasteiger partial charge >= 0.3 is 5.97 Å². The van der Waals surface area contributed by atoms with Gasteiger partial charge in [0.15, 0.2) is 0 Å². The first-order valence-corrected chi connectivity index (χ1v) is 5.19. The summed E-state index contributed by atoms with van der Waals surface area (Å²) in [6.45, 7) is 3.12. The van der Waals surface area contributed by atoms with Crippen LogP contribution in [0, 0.1) is 17.0 Å². The van der Waals surface area contributed by atoms with Crippen LogP contribution < -0.4 is 5.32 Å². The van der Waals surface area contributed by atoms with Gasteiger partial charge in [-0.2, -0.15) is 0 Å². The van der Waals surface area contributed by atoms with E-state index in [4.69, 9.17) is 5.11 Å². The molecule has 1 amide bonds. The highest BCUT2D eigenvalue weighted by Gasteiger charge is 2.21. The lowest BCUT2D eigenvalue weighted by Gasteiger charge is -2.09. The van der Waals surface area contributed by atoms with Crippen molar-refractivity contribution >= 4 is 23.3 Å². The predicted molar refractivity (Wildman–Crippen MR) is 63.7 cm³/mol. The molecular formula is C11H12N2O5. The molecule has 0 radical (unpaired) electrons. The summed E-state index contributed by atoms with van der Waals surface area (Å²) in [5.41, 5.74) is -0.233. The Hall–Kier alpha value is -2.44. The number of aryl methyl sites for hydroxylation is 1. The van der Waals surface area contributed by atoms with E-state index < -0.39 is 16.6 Å². The summed E-state index contributed by atoms with van der Waals surface area (Å²) in [5.74, 6) is -1.63. The highest BCUT2D eigenvalue weighted by atomic mass is 16.6. The molecule has 0 saturated carbocycles. The molecule has 0 aromatic heterocycles. The second-order valence-corrected chi connectivity index (χ2v) is 3.65. The quantitative estimate of drug-likeness (QED) is 0.628. The number of hydrogen-bond acceptors (Lipinski definition) is 4. The number of aromatic carboxylic acids is 1. The van der Waals surface area contributed by atoms with Crippen LogP contribution in [-0.2, 0) is 4.79 Å². The molecule has 0 aliphatic carbocycles. The molecule has 7 heteroatoms. The van der Waals surface area contributed by atoms with E-state index >= 15 is 0 Å². The maximum atomic E-state index is 11.3. The fourth-order valence-electron chi connectivity index (χ4n) is 1.43. The summed E-state index contributed by atoms with van der Waals surface area (Å²) in [4.78, 5) is 32.2. The van der Waals surface area contributed by atoms with E-state index in [1.54, 1.807) is 6.92 Å². The van der Waals surface area contributed by atoms with Crippen LogP contribution in [0.15, 0.2) is 12.1 Å². The van der Waals surface area contributed by atoms with Gasteiger partial charge in [0.25, 0.3) is 5.69 Å². The molecule has 1 rings (SSSR count). The van der Waals surface area contributed by atoms with Crippen molar-refractivity contribution < 1.29 is 19.6 Å². The molecule has 0 fully saturated rings.